The summed E-state index contributed by atoms with van der Waals surface area (Å²) in [7, 11) is 0. The van der Waals surface area contributed by atoms with Crippen LogP contribution in [-0.2, 0) is 4.79 Å². The number of rotatable bonds is 4. The molecule has 0 saturated carbocycles. The lowest BCUT2D eigenvalue weighted by Crippen LogP contribution is -2.12. The van der Waals surface area contributed by atoms with Crippen molar-refractivity contribution in [3.63, 3.8) is 0 Å². The van der Waals surface area contributed by atoms with E-state index in [1.165, 1.54) is 0 Å². The number of nitrogens with two attached hydrogens (primary N) is 1. The Hall–Kier alpha value is -1.16. The molecule has 2 N–H and O–H groups in total. The van der Waals surface area contributed by atoms with Crippen LogP contribution in [0.15, 0.2) is 6.07 Å². The van der Waals surface area contributed by atoms with Crippen molar-refractivity contribution in [2.45, 2.75) is 26.7 Å². The molecule has 1 amide bonds. The first kappa shape index (κ1) is 10.9. The van der Waals surface area contributed by atoms with Crippen molar-refractivity contribution in [2.24, 2.45) is 5.73 Å². The Bertz CT molecular complexity index is 368. The van der Waals surface area contributed by atoms with Gasteiger partial charge < -0.3 is 5.73 Å². The normalized spacial score (nSPS) is 10.1. The quantitative estimate of drug-likeness (QED) is 0.772. The minimum absolute atomic E-state index is 0.00523. The van der Waals surface area contributed by atoms with Crippen molar-refractivity contribution < 1.29 is 9.59 Å². The van der Waals surface area contributed by atoms with E-state index in [-0.39, 0.29) is 18.6 Å². The van der Waals surface area contributed by atoms with Crippen molar-refractivity contribution >= 4 is 23.0 Å². The standard InChI is InChI=1S/C10H13NO2S/c1-6-5-8(7(2)14-6)9(12)3-4-10(11)13/h5H,3-4H2,1-2H3,(H2,11,13). The highest BCUT2D eigenvalue weighted by molar-refractivity contribution is 7.12. The van der Waals surface area contributed by atoms with Crippen LogP contribution in [0.25, 0.3) is 0 Å². The number of aryl methyl sites for hydroxylation is 2. The molecule has 0 aliphatic heterocycles. The Labute approximate surface area is 86.9 Å². The molecular formula is C10H13NO2S. The van der Waals surface area contributed by atoms with Gasteiger partial charge in [-0.25, -0.2) is 0 Å². The van der Waals surface area contributed by atoms with Gasteiger partial charge in [-0.15, -0.1) is 11.3 Å². The number of primary amides is 1. The summed E-state index contributed by atoms with van der Waals surface area (Å²) in [4.78, 5) is 24.2. The van der Waals surface area contributed by atoms with E-state index in [0.29, 0.717) is 0 Å². The van der Waals surface area contributed by atoms with Crippen LogP contribution in [0.2, 0.25) is 0 Å². The molecule has 1 aromatic rings. The van der Waals surface area contributed by atoms with Gasteiger partial charge in [-0.05, 0) is 19.9 Å². The van der Waals surface area contributed by atoms with Gasteiger partial charge in [0.2, 0.25) is 5.91 Å². The van der Waals surface area contributed by atoms with Crippen molar-refractivity contribution in [1.29, 1.82) is 0 Å². The number of ketones is 1. The Morgan fingerprint density at radius 1 is 1.36 bits per heavy atom. The van der Waals surface area contributed by atoms with E-state index >= 15 is 0 Å². The van der Waals surface area contributed by atoms with Crippen LogP contribution in [0.4, 0.5) is 0 Å². The average Bonchev–Trinajstić information content (AvgIpc) is 2.41. The molecule has 0 aromatic carbocycles. The molecule has 4 heteroatoms. The Kier molecular flexibility index (Phi) is 3.41. The van der Waals surface area contributed by atoms with Crippen molar-refractivity contribution in [1.82, 2.24) is 0 Å². The number of hydrogen-bond acceptors (Lipinski definition) is 3. The SMILES string of the molecule is Cc1cc(C(=O)CCC(N)=O)c(C)s1. The second kappa shape index (κ2) is 4.37. The fraction of sp³-hybridized carbons (Fsp3) is 0.400. The summed E-state index contributed by atoms with van der Waals surface area (Å²) in [6, 6.07) is 1.86. The summed E-state index contributed by atoms with van der Waals surface area (Å²) in [6.45, 7) is 3.87. The number of carbonyl (C=O) groups is 2. The number of thiophene rings is 1. The third kappa shape index (κ3) is 2.67. The fourth-order valence-electron chi connectivity index (χ4n) is 1.28. The average molecular weight is 211 g/mol. The highest BCUT2D eigenvalue weighted by atomic mass is 32.1. The number of amides is 1. The summed E-state index contributed by atoms with van der Waals surface area (Å²) >= 11 is 1.59. The molecule has 3 nitrogen and oxygen atoms in total. The Morgan fingerprint density at radius 3 is 2.43 bits per heavy atom. The first-order chi connectivity index (χ1) is 6.50. The summed E-state index contributed by atoms with van der Waals surface area (Å²) in [5, 5.41) is 0. The van der Waals surface area contributed by atoms with Crippen molar-refractivity contribution in [3.8, 4) is 0 Å². The minimum atomic E-state index is -0.428. The molecule has 0 unspecified atom stereocenters. The first-order valence-electron chi connectivity index (χ1n) is 4.39. The zero-order chi connectivity index (χ0) is 10.7. The van der Waals surface area contributed by atoms with Gasteiger partial charge in [-0.1, -0.05) is 0 Å². The molecule has 0 spiro atoms. The van der Waals surface area contributed by atoms with Gasteiger partial charge in [0.25, 0.3) is 0 Å². The maximum atomic E-state index is 11.6. The molecule has 0 saturated heterocycles. The van der Waals surface area contributed by atoms with E-state index < -0.39 is 5.91 Å². The zero-order valence-electron chi connectivity index (χ0n) is 8.29. The maximum absolute atomic E-state index is 11.6. The molecule has 0 radical (unpaired) electrons. The molecule has 0 aliphatic carbocycles. The van der Waals surface area contributed by atoms with Gasteiger partial charge in [0.05, 0.1) is 0 Å². The summed E-state index contributed by atoms with van der Waals surface area (Å²) in [5.74, 6) is -0.423. The summed E-state index contributed by atoms with van der Waals surface area (Å²) < 4.78 is 0. The zero-order valence-corrected chi connectivity index (χ0v) is 9.11. The molecule has 1 aromatic heterocycles. The molecular weight excluding hydrogens is 198 g/mol. The predicted octanol–water partition coefficient (Wildman–Crippen LogP) is 1.81. The number of hydrogen-bond donors (Lipinski definition) is 1. The van der Waals surface area contributed by atoms with Crippen LogP contribution >= 0.6 is 11.3 Å². The highest BCUT2D eigenvalue weighted by Crippen LogP contribution is 2.22. The molecule has 1 rings (SSSR count). The summed E-state index contributed by atoms with van der Waals surface area (Å²) in [6.07, 6.45) is 0.347. The lowest BCUT2D eigenvalue weighted by molar-refractivity contribution is -0.118. The monoisotopic (exact) mass is 211 g/mol. The van der Waals surface area contributed by atoms with E-state index in [4.69, 9.17) is 5.73 Å². The second-order valence-corrected chi connectivity index (χ2v) is 4.68. The van der Waals surface area contributed by atoms with Gasteiger partial charge in [-0.2, -0.15) is 0 Å². The summed E-state index contributed by atoms with van der Waals surface area (Å²) in [5.41, 5.74) is 5.70. The topological polar surface area (TPSA) is 60.2 Å². The molecule has 0 atom stereocenters. The van der Waals surface area contributed by atoms with Gasteiger partial charge in [0, 0.05) is 28.2 Å². The highest BCUT2D eigenvalue weighted by Gasteiger charge is 2.12. The van der Waals surface area contributed by atoms with Crippen molar-refractivity contribution in [3.05, 3.63) is 21.4 Å². The van der Waals surface area contributed by atoms with Gasteiger partial charge in [0.15, 0.2) is 5.78 Å². The molecule has 0 aliphatic rings. The minimum Gasteiger partial charge on any atom is -0.370 e. The van der Waals surface area contributed by atoms with E-state index in [0.717, 1.165) is 15.3 Å². The molecule has 14 heavy (non-hydrogen) atoms. The predicted molar refractivity (Wildman–Crippen MR) is 56.6 cm³/mol. The van der Waals surface area contributed by atoms with Crippen LogP contribution in [0.1, 0.15) is 33.0 Å². The van der Waals surface area contributed by atoms with E-state index in [2.05, 4.69) is 0 Å². The van der Waals surface area contributed by atoms with E-state index in [1.54, 1.807) is 11.3 Å². The lowest BCUT2D eigenvalue weighted by Gasteiger charge is -1.96. The van der Waals surface area contributed by atoms with Gasteiger partial charge >= 0.3 is 0 Å². The first-order valence-corrected chi connectivity index (χ1v) is 5.21. The Morgan fingerprint density at radius 2 is 2.00 bits per heavy atom. The van der Waals surface area contributed by atoms with Crippen LogP contribution in [-0.4, -0.2) is 11.7 Å². The smallest absolute Gasteiger partial charge is 0.217 e. The molecule has 76 valence electrons. The van der Waals surface area contributed by atoms with E-state index in [9.17, 15) is 9.59 Å². The maximum Gasteiger partial charge on any atom is 0.217 e. The van der Waals surface area contributed by atoms with E-state index in [1.807, 2.05) is 19.9 Å². The molecule has 0 fully saturated rings. The van der Waals surface area contributed by atoms with Gasteiger partial charge in [-0.3, -0.25) is 9.59 Å². The molecule has 1 heterocycles. The number of carbonyl (C=O) groups excluding carboxylic acids is 2. The fourth-order valence-corrected chi connectivity index (χ4v) is 2.22. The third-order valence-electron chi connectivity index (χ3n) is 1.94. The van der Waals surface area contributed by atoms with Crippen LogP contribution < -0.4 is 5.73 Å². The number of Topliss-reactive ketones (excluding diaryl/α,β-unsaturated/α-hetero) is 1. The van der Waals surface area contributed by atoms with Crippen LogP contribution in [0, 0.1) is 13.8 Å². The largest absolute Gasteiger partial charge is 0.370 e. The van der Waals surface area contributed by atoms with Crippen LogP contribution in [0.3, 0.4) is 0 Å². The molecule has 0 bridgehead atoms. The van der Waals surface area contributed by atoms with Gasteiger partial charge in [0.1, 0.15) is 0 Å². The lowest BCUT2D eigenvalue weighted by atomic mass is 10.1. The van der Waals surface area contributed by atoms with Crippen LogP contribution in [0.5, 0.6) is 0 Å². The second-order valence-electron chi connectivity index (χ2n) is 3.22. The third-order valence-corrected chi connectivity index (χ3v) is 2.91. The Balaban J connectivity index is 2.69. The van der Waals surface area contributed by atoms with Crippen molar-refractivity contribution in [2.75, 3.05) is 0 Å².